The van der Waals surface area contributed by atoms with E-state index in [0.717, 1.165) is 79.6 Å². The maximum absolute atomic E-state index is 13.6. The number of rotatable bonds is 24. The predicted molar refractivity (Wildman–Crippen MR) is 412 cm³/mol. The minimum absolute atomic E-state index is 0.0183. The fourth-order valence-electron chi connectivity index (χ4n) is 12.0. The molecule has 3 fully saturated rings. The van der Waals surface area contributed by atoms with Crippen molar-refractivity contribution in [1.29, 1.82) is 0 Å². The number of Topliss-reactive ketones (excluding diaryl/α,β-unsaturated/α-hetero) is 1. The number of ketones is 1. The van der Waals surface area contributed by atoms with E-state index in [0.29, 0.717) is 91.5 Å². The number of amides is 3. The second kappa shape index (κ2) is 35.5. The van der Waals surface area contributed by atoms with Gasteiger partial charge in [0.05, 0.1) is 39.7 Å². The molecule has 28 nitrogen and oxygen atoms in total. The number of hydrogen-bond donors (Lipinski definition) is 4. The zero-order valence-electron chi connectivity index (χ0n) is 59.9. The van der Waals surface area contributed by atoms with Crippen LogP contribution in [-0.2, 0) is 36.5 Å². The monoisotopic (exact) mass is 1570 g/mol. The summed E-state index contributed by atoms with van der Waals surface area (Å²) in [6.45, 7) is 3.97. The number of halogens is 2. The molecule has 5 aromatic heterocycles. The standard InChI is InChI=1S/C34H32N10O4S.C32H29F2N5O3S.C13H11N3O3S/c1-2-3-9-29(45)28-21-30(37-31-20-27(39-40-31)23-10-11-23)38-34(36-28)43-18-16-42(17-19-43)33(46)25-12-14-26(15-13-25)49(47,48)44-22-35-32(41-44)24-7-5-4-6-8-24;1-2-18-35-32(40)26-7-13-30(14-8-26)43(41,42)39-22-29(36-37-39)17-21-38-19-15-25(16-20-38)31(23-3-9-27(33)10-4-23)24-5-11-28(34)12-6-24;1-2-7-15-13(17)11-3-5-12(6-4-11)20(18,19)16-9-8-14-10-16/h1,4-8,12-15,20-23H,3,9-11,16-19H2,(H2,36,37,38,39,40);1,3-14,22H,15-21H2,(H,35,40);1,3-6,8-10H,7H2,(H,15,17). The quantitative estimate of drug-likeness (QED) is 0.0324. The van der Waals surface area contributed by atoms with Crippen LogP contribution in [0.1, 0.15) is 109 Å². The fourth-order valence-corrected chi connectivity index (χ4v) is 15.3. The van der Waals surface area contributed by atoms with E-state index in [2.05, 4.69) is 84.2 Å². The van der Waals surface area contributed by atoms with E-state index < -0.39 is 36.0 Å². The molecule has 0 bridgehead atoms. The fraction of sp³-hybridized carbons (Fsp3) is 0.215. The van der Waals surface area contributed by atoms with Crippen LogP contribution in [0.25, 0.3) is 17.0 Å². The van der Waals surface area contributed by atoms with E-state index in [1.165, 1.54) is 128 Å². The number of carbonyl (C=O) groups is 4. The average molecular weight is 1570 g/mol. The Kier molecular flexibility index (Phi) is 24.9. The Morgan fingerprint density at radius 2 is 1.16 bits per heavy atom. The number of piperazine rings is 1. The number of likely N-dealkylation sites (tertiary alicyclic amines) is 1. The van der Waals surface area contributed by atoms with Crippen LogP contribution in [0, 0.1) is 48.7 Å². The van der Waals surface area contributed by atoms with Gasteiger partial charge in [0, 0.05) is 123 Å². The van der Waals surface area contributed by atoms with Gasteiger partial charge in [-0.15, -0.1) is 43.6 Å². The van der Waals surface area contributed by atoms with Crippen molar-refractivity contribution >= 4 is 76.7 Å². The molecule has 570 valence electrons. The van der Waals surface area contributed by atoms with Crippen LogP contribution in [0.5, 0.6) is 0 Å². The summed E-state index contributed by atoms with van der Waals surface area (Å²) in [6, 6.07) is 42.2. The zero-order chi connectivity index (χ0) is 78.9. The molecule has 3 amide bonds. The summed E-state index contributed by atoms with van der Waals surface area (Å²) in [7, 11) is -11.7. The third-order valence-electron chi connectivity index (χ3n) is 18.2. The van der Waals surface area contributed by atoms with Crippen LogP contribution in [-0.4, -0.2) is 175 Å². The molecule has 0 spiro atoms. The summed E-state index contributed by atoms with van der Waals surface area (Å²) in [6.07, 6.45) is 26.8. The number of terminal acetylenes is 3. The zero-order valence-corrected chi connectivity index (χ0v) is 62.4. The number of piperidine rings is 1. The predicted octanol–water partition coefficient (Wildman–Crippen LogP) is 8.65. The van der Waals surface area contributed by atoms with E-state index >= 15 is 0 Å². The van der Waals surface area contributed by atoms with E-state index in [1.807, 2.05) is 29.2 Å². The molecule has 1 aliphatic carbocycles. The van der Waals surface area contributed by atoms with Gasteiger partial charge in [-0.05, 0) is 139 Å². The van der Waals surface area contributed by atoms with E-state index in [-0.39, 0.29) is 80.5 Å². The first-order valence-corrected chi connectivity index (χ1v) is 39.5. The lowest BCUT2D eigenvalue weighted by atomic mass is 9.88. The number of H-pyrrole nitrogens is 1. The van der Waals surface area contributed by atoms with Gasteiger partial charge < -0.3 is 30.7 Å². The van der Waals surface area contributed by atoms with Crippen LogP contribution >= 0.6 is 0 Å². The third-order valence-corrected chi connectivity index (χ3v) is 22.9. The maximum atomic E-state index is 13.6. The highest BCUT2D eigenvalue weighted by Crippen LogP contribution is 2.40. The van der Waals surface area contributed by atoms with E-state index in [1.54, 1.807) is 47.4 Å². The summed E-state index contributed by atoms with van der Waals surface area (Å²) in [5.74, 6) is 7.46. The lowest BCUT2D eigenvalue weighted by Gasteiger charge is -2.35. The first kappa shape index (κ1) is 78.5. The molecule has 3 aliphatic rings. The van der Waals surface area contributed by atoms with Crippen molar-refractivity contribution in [3.8, 4) is 48.4 Å². The van der Waals surface area contributed by atoms with Crippen LogP contribution < -0.4 is 20.9 Å². The van der Waals surface area contributed by atoms with Gasteiger partial charge in [-0.25, -0.2) is 36.1 Å². The van der Waals surface area contributed by atoms with Gasteiger partial charge in [0.2, 0.25) is 5.95 Å². The Labute approximate surface area is 644 Å². The Hall–Kier alpha value is -13.1. The van der Waals surface area contributed by atoms with Gasteiger partial charge >= 0.3 is 0 Å². The Balaban J connectivity index is 0.000000169. The molecular formula is C79H72F2N18O10S3. The molecule has 0 unspecified atom stereocenters. The molecule has 2 aliphatic heterocycles. The molecule has 11 aromatic rings. The highest BCUT2D eigenvalue weighted by molar-refractivity contribution is 7.90. The molecule has 14 rings (SSSR count). The minimum atomic E-state index is -4.02. The SMILES string of the molecule is C#CCCC(=O)c1cc(Nc2cc(C3CC3)[nH]n2)nc(N2CCN(C(=O)c3ccc(S(=O)(=O)n4cnc(-c5ccccc5)n4)cc3)CC2)n1.C#CCNC(=O)c1ccc(S(=O)(=O)n2cc(CCN3CCC(=C(c4ccc(F)cc4)c4ccc(F)cc4)CC3)nn2)cc1.C#CCNC(=O)c1ccc(S(=O)(=O)n2ccnc2)cc1. The smallest absolute Gasteiger partial charge is 0.284 e. The van der Waals surface area contributed by atoms with Crippen molar-refractivity contribution < 1.29 is 53.2 Å². The lowest BCUT2D eigenvalue weighted by Crippen LogP contribution is -2.49. The van der Waals surface area contributed by atoms with Gasteiger partial charge in [-0.2, -0.15) is 26.9 Å². The molecule has 0 radical (unpaired) electrons. The van der Waals surface area contributed by atoms with Crippen molar-refractivity contribution in [3.63, 3.8) is 0 Å². The third kappa shape index (κ3) is 19.3. The van der Waals surface area contributed by atoms with E-state index in [4.69, 9.17) is 19.3 Å². The first-order chi connectivity index (χ1) is 54.1. The van der Waals surface area contributed by atoms with Crippen LogP contribution in [0.3, 0.4) is 0 Å². The molecule has 112 heavy (non-hydrogen) atoms. The molecule has 1 saturated carbocycles. The highest BCUT2D eigenvalue weighted by atomic mass is 32.2. The number of aromatic amines is 1. The minimum Gasteiger partial charge on any atom is -0.341 e. The van der Waals surface area contributed by atoms with Gasteiger partial charge in [-0.1, -0.05) is 77.2 Å². The van der Waals surface area contributed by atoms with Crippen LogP contribution in [0.15, 0.2) is 215 Å². The molecule has 33 heteroatoms. The molecule has 6 aromatic carbocycles. The normalized spacial score (nSPS) is 13.7. The Bertz CT molecular complexity index is 5680. The number of imidazole rings is 1. The van der Waals surface area contributed by atoms with Crippen LogP contribution in [0.2, 0.25) is 0 Å². The number of nitrogens with zero attached hydrogens (tertiary/aromatic N) is 14. The van der Waals surface area contributed by atoms with Gasteiger partial charge in [0.1, 0.15) is 35.8 Å². The molecule has 2 saturated heterocycles. The molecule has 0 atom stereocenters. The largest absolute Gasteiger partial charge is 0.341 e. The topological polar surface area (TPSA) is 350 Å². The van der Waals surface area contributed by atoms with E-state index in [9.17, 15) is 53.2 Å². The Morgan fingerprint density at radius 3 is 1.71 bits per heavy atom. The molecule has 7 heterocycles. The molecular weight excluding hydrogens is 1500 g/mol. The number of carbonyl (C=O) groups excluding carboxylic acids is 4. The average Bonchev–Trinajstić information content (AvgIpc) is 1.31. The number of benzene rings is 6. The summed E-state index contributed by atoms with van der Waals surface area (Å²) in [5.41, 5.74) is 7.49. The maximum Gasteiger partial charge on any atom is 0.284 e. The second-order valence-electron chi connectivity index (χ2n) is 25.7. The lowest BCUT2D eigenvalue weighted by molar-refractivity contribution is 0.0745. The summed E-state index contributed by atoms with van der Waals surface area (Å²) >= 11 is 0. The molecule has 4 N–H and O–H groups in total. The Morgan fingerprint density at radius 1 is 0.598 bits per heavy atom. The number of hydrogen-bond acceptors (Lipinski definition) is 21. The van der Waals surface area contributed by atoms with Gasteiger partial charge in [-0.3, -0.25) is 24.3 Å². The van der Waals surface area contributed by atoms with Crippen molar-refractivity contribution in [2.24, 2.45) is 0 Å². The first-order valence-electron chi connectivity index (χ1n) is 35.1. The van der Waals surface area contributed by atoms with Gasteiger partial charge in [0.25, 0.3) is 47.8 Å². The highest BCUT2D eigenvalue weighted by Gasteiger charge is 2.30. The van der Waals surface area contributed by atoms with Crippen LogP contribution in [0.4, 0.5) is 26.4 Å². The van der Waals surface area contributed by atoms with Crippen molar-refractivity contribution in [1.82, 2.24) is 78.1 Å². The van der Waals surface area contributed by atoms with Crippen molar-refractivity contribution in [3.05, 3.63) is 257 Å². The second-order valence-corrected chi connectivity index (χ2v) is 31.1. The number of anilines is 3. The summed E-state index contributed by atoms with van der Waals surface area (Å²) in [5, 5.41) is 27.7. The van der Waals surface area contributed by atoms with Crippen molar-refractivity contribution in [2.45, 2.75) is 65.6 Å². The number of aromatic nitrogens is 12. The number of nitrogens with one attached hydrogen (secondary N) is 4. The summed E-state index contributed by atoms with van der Waals surface area (Å²) in [4.78, 5) is 73.0. The van der Waals surface area contributed by atoms with Gasteiger partial charge in [0.15, 0.2) is 17.4 Å². The summed E-state index contributed by atoms with van der Waals surface area (Å²) < 4.78 is 107. The van der Waals surface area contributed by atoms with Crippen molar-refractivity contribution in [2.75, 3.05) is 69.1 Å².